The Morgan fingerprint density at radius 1 is 1.71 bits per heavy atom. The highest BCUT2D eigenvalue weighted by atomic mass is 32.2. The molecule has 0 aliphatic heterocycles. The van der Waals surface area contributed by atoms with Crippen LogP contribution in [-0.4, -0.2) is 33.6 Å². The molecule has 7 heavy (non-hydrogen) atoms. The Kier molecular flexibility index (Phi) is 3.15. The van der Waals surface area contributed by atoms with Crippen LogP contribution in [0, 0.1) is 0 Å². The number of hydrogen-bond donors (Lipinski definition) is 0. The highest BCUT2D eigenvalue weighted by Gasteiger charge is 1.83. The lowest BCUT2D eigenvalue weighted by Crippen LogP contribution is -2.16. The summed E-state index contributed by atoms with van der Waals surface area (Å²) in [7, 11) is 3.41. The lowest BCUT2D eigenvalue weighted by Gasteiger charge is -2.10. The van der Waals surface area contributed by atoms with Crippen LogP contribution in [0.3, 0.4) is 0 Å². The summed E-state index contributed by atoms with van der Waals surface area (Å²) in [4.78, 5) is 1.59. The van der Waals surface area contributed by atoms with Gasteiger partial charge in [-0.15, -0.1) is 0 Å². The van der Waals surface area contributed by atoms with Crippen molar-refractivity contribution >= 4 is 11.1 Å². The van der Waals surface area contributed by atoms with Crippen molar-refractivity contribution in [2.24, 2.45) is 0 Å². The van der Waals surface area contributed by atoms with Gasteiger partial charge in [-0.05, 0) is 25.2 Å². The van der Waals surface area contributed by atoms with E-state index in [4.69, 9.17) is 0 Å². The van der Waals surface area contributed by atoms with Crippen molar-refractivity contribution in [3.05, 3.63) is 0 Å². The van der Waals surface area contributed by atoms with Gasteiger partial charge in [0.1, 0.15) is 0 Å². The number of nitrogens with zero attached hydrogens (tertiary/aromatic N) is 1. The fourth-order valence-corrected chi connectivity index (χ4v) is 0.632. The van der Waals surface area contributed by atoms with Gasteiger partial charge in [0.05, 0.1) is 5.88 Å². The van der Waals surface area contributed by atoms with Gasteiger partial charge in [0, 0.05) is 0 Å². The van der Waals surface area contributed by atoms with Gasteiger partial charge in [0.25, 0.3) is 0 Å². The summed E-state index contributed by atoms with van der Waals surface area (Å²) in [5.41, 5.74) is 0. The van der Waals surface area contributed by atoms with E-state index in [9.17, 15) is 8.76 Å². The summed E-state index contributed by atoms with van der Waals surface area (Å²) < 4.78 is 19.5. The molecule has 4 heteroatoms. The zero-order valence-electron chi connectivity index (χ0n) is 4.38. The largest absolute Gasteiger partial charge is 0.771 e. The van der Waals surface area contributed by atoms with E-state index in [1.165, 1.54) is 0 Å². The van der Waals surface area contributed by atoms with Gasteiger partial charge in [0.2, 0.25) is 0 Å². The summed E-state index contributed by atoms with van der Waals surface area (Å²) in [5, 5.41) is 0. The van der Waals surface area contributed by atoms with E-state index in [1.807, 2.05) is 0 Å². The second kappa shape index (κ2) is 3.12. The van der Waals surface area contributed by atoms with E-state index >= 15 is 0 Å². The van der Waals surface area contributed by atoms with Crippen molar-refractivity contribution in [2.45, 2.75) is 0 Å². The lowest BCUT2D eigenvalue weighted by atomic mass is 11.0. The van der Waals surface area contributed by atoms with E-state index in [1.54, 1.807) is 19.0 Å². The van der Waals surface area contributed by atoms with Crippen LogP contribution in [0.25, 0.3) is 0 Å². The van der Waals surface area contributed by atoms with Gasteiger partial charge in [-0.3, -0.25) is 9.11 Å². The maximum Gasteiger partial charge on any atom is 0.0608 e. The maximum absolute atomic E-state index is 9.77. The molecule has 1 atom stereocenters. The van der Waals surface area contributed by atoms with Gasteiger partial charge in [0.15, 0.2) is 0 Å². The molecule has 0 N–H and O–H groups in total. The van der Waals surface area contributed by atoms with Crippen molar-refractivity contribution in [1.29, 1.82) is 0 Å². The zero-order chi connectivity index (χ0) is 5.86. The van der Waals surface area contributed by atoms with E-state index < -0.39 is 11.1 Å². The molecule has 44 valence electrons. The van der Waals surface area contributed by atoms with Gasteiger partial charge in [-0.2, -0.15) is 0 Å². The smallest absolute Gasteiger partial charge is 0.0608 e. The molecule has 0 radical (unpaired) electrons. The second-order valence-electron chi connectivity index (χ2n) is 1.51. The van der Waals surface area contributed by atoms with Crippen molar-refractivity contribution in [3.63, 3.8) is 0 Å². The SMILES string of the molecule is CN(C)CS(=O)[O-]. The Bertz CT molecular complexity index is 73.3. The van der Waals surface area contributed by atoms with E-state index in [0.717, 1.165) is 0 Å². The highest BCUT2D eigenvalue weighted by molar-refractivity contribution is 7.79. The average Bonchev–Trinajstić information content (AvgIpc) is 1.27. The summed E-state index contributed by atoms with van der Waals surface area (Å²) in [6.07, 6.45) is 0. The Balaban J connectivity index is 3.13. The topological polar surface area (TPSA) is 43.4 Å². The van der Waals surface area contributed by atoms with Crippen molar-refractivity contribution in [1.82, 2.24) is 4.90 Å². The zero-order valence-corrected chi connectivity index (χ0v) is 5.20. The molecule has 0 spiro atoms. The number of rotatable bonds is 2. The number of hydrogen-bond acceptors (Lipinski definition) is 3. The molecule has 3 nitrogen and oxygen atoms in total. The summed E-state index contributed by atoms with van der Waals surface area (Å²) >= 11 is -1.92. The van der Waals surface area contributed by atoms with Crippen LogP contribution in [0.4, 0.5) is 0 Å². The fourth-order valence-electron chi connectivity index (χ4n) is 0.211. The molecule has 0 saturated heterocycles. The molecule has 0 aromatic carbocycles. The molecule has 0 heterocycles. The molecule has 0 aromatic heterocycles. The lowest BCUT2D eigenvalue weighted by molar-refractivity contribution is 0.446. The second-order valence-corrected chi connectivity index (χ2v) is 2.38. The van der Waals surface area contributed by atoms with E-state index in [-0.39, 0.29) is 5.88 Å². The molecular weight excluding hydrogens is 114 g/mol. The monoisotopic (exact) mass is 122 g/mol. The van der Waals surface area contributed by atoms with Gasteiger partial charge < -0.3 is 4.55 Å². The fraction of sp³-hybridized carbons (Fsp3) is 1.00. The highest BCUT2D eigenvalue weighted by Crippen LogP contribution is 1.75. The molecule has 0 aliphatic carbocycles. The first-order valence-corrected chi connectivity index (χ1v) is 3.08. The minimum atomic E-state index is -1.92. The standard InChI is InChI=1S/C3H9NO2S/c1-4(2)3-7(5)6/h3H2,1-2H3,(H,5,6)/p-1. The van der Waals surface area contributed by atoms with Gasteiger partial charge in [-0.25, -0.2) is 0 Å². The Labute approximate surface area is 45.6 Å². The molecule has 0 saturated carbocycles. The third kappa shape index (κ3) is 6.07. The molecule has 0 bridgehead atoms. The van der Waals surface area contributed by atoms with E-state index in [0.29, 0.717) is 0 Å². The van der Waals surface area contributed by atoms with Crippen molar-refractivity contribution in [3.8, 4) is 0 Å². The molecule has 1 unspecified atom stereocenters. The Morgan fingerprint density at radius 2 is 2.14 bits per heavy atom. The average molecular weight is 122 g/mol. The predicted octanol–water partition coefficient (Wildman–Crippen LogP) is -0.615. The van der Waals surface area contributed by atoms with Crippen LogP contribution in [0.15, 0.2) is 0 Å². The van der Waals surface area contributed by atoms with Gasteiger partial charge in [-0.1, -0.05) is 0 Å². The van der Waals surface area contributed by atoms with Crippen LogP contribution in [0.2, 0.25) is 0 Å². The predicted molar refractivity (Wildman–Crippen MR) is 27.5 cm³/mol. The molecule has 0 aromatic rings. The summed E-state index contributed by atoms with van der Waals surface area (Å²) in [5.74, 6) is 0.111. The molecule has 0 aliphatic rings. The van der Waals surface area contributed by atoms with Crippen LogP contribution in [0.5, 0.6) is 0 Å². The van der Waals surface area contributed by atoms with Crippen LogP contribution >= 0.6 is 0 Å². The Hall–Kier alpha value is 0.0700. The minimum Gasteiger partial charge on any atom is -0.771 e. The maximum atomic E-state index is 9.77. The first kappa shape index (κ1) is 7.07. The Morgan fingerprint density at radius 3 is 2.14 bits per heavy atom. The van der Waals surface area contributed by atoms with E-state index in [2.05, 4.69) is 0 Å². The van der Waals surface area contributed by atoms with Crippen LogP contribution in [0.1, 0.15) is 0 Å². The summed E-state index contributed by atoms with van der Waals surface area (Å²) in [6, 6.07) is 0. The quantitative estimate of drug-likeness (QED) is 0.459. The minimum absolute atomic E-state index is 0.111. The first-order chi connectivity index (χ1) is 3.13. The molecule has 0 rings (SSSR count). The first-order valence-electron chi connectivity index (χ1n) is 1.83. The molecular formula is C3H8NO2S-. The van der Waals surface area contributed by atoms with Crippen LogP contribution < -0.4 is 0 Å². The normalized spacial score (nSPS) is 14.9. The van der Waals surface area contributed by atoms with Crippen molar-refractivity contribution in [2.75, 3.05) is 20.0 Å². The third-order valence-corrected chi connectivity index (χ3v) is 1.09. The van der Waals surface area contributed by atoms with Crippen molar-refractivity contribution < 1.29 is 8.76 Å². The summed E-state index contributed by atoms with van der Waals surface area (Å²) in [6.45, 7) is 0. The molecule has 0 fully saturated rings. The molecule has 0 amide bonds. The van der Waals surface area contributed by atoms with Gasteiger partial charge >= 0.3 is 0 Å². The third-order valence-electron chi connectivity index (χ3n) is 0.364. The van der Waals surface area contributed by atoms with Crippen LogP contribution in [-0.2, 0) is 11.1 Å².